The average molecular weight is 247 g/mol. The van der Waals surface area contributed by atoms with Gasteiger partial charge >= 0.3 is 5.97 Å². The van der Waals surface area contributed by atoms with E-state index >= 15 is 0 Å². The molecule has 0 fully saturated rings. The van der Waals surface area contributed by atoms with Gasteiger partial charge in [-0.1, -0.05) is 11.6 Å². The Morgan fingerprint density at radius 3 is 2.75 bits per heavy atom. The van der Waals surface area contributed by atoms with Crippen LogP contribution in [-0.4, -0.2) is 18.1 Å². The quantitative estimate of drug-likeness (QED) is 0.752. The highest BCUT2D eigenvalue weighted by Crippen LogP contribution is 2.29. The lowest BCUT2D eigenvalue weighted by Crippen LogP contribution is -2.08. The lowest BCUT2D eigenvalue weighted by molar-refractivity contribution is 0.0593. The van der Waals surface area contributed by atoms with Crippen LogP contribution in [-0.2, 0) is 4.74 Å². The maximum absolute atomic E-state index is 12.4. The lowest BCUT2D eigenvalue weighted by Gasteiger charge is -2.06. The summed E-state index contributed by atoms with van der Waals surface area (Å²) in [5.41, 5.74) is -1.43. The number of nitrogens with zero attached hydrogens (tertiary/aromatic N) is 2. The number of hydrogen-bond donors (Lipinski definition) is 0. The van der Waals surface area contributed by atoms with Crippen molar-refractivity contribution in [1.82, 2.24) is 4.98 Å². The Morgan fingerprint density at radius 2 is 2.31 bits per heavy atom. The fraction of sp³-hybridized carbons (Fsp3) is 0.222. The van der Waals surface area contributed by atoms with Crippen LogP contribution >= 0.6 is 11.6 Å². The minimum absolute atomic E-state index is 0.356. The summed E-state index contributed by atoms with van der Waals surface area (Å²) in [5.74, 6) is -0.887. The molecule has 1 aromatic rings. The zero-order chi connectivity index (χ0) is 12.3. The van der Waals surface area contributed by atoms with E-state index in [9.17, 15) is 13.6 Å². The monoisotopic (exact) mass is 246 g/mol. The van der Waals surface area contributed by atoms with Gasteiger partial charge in [-0.15, -0.1) is 0 Å². The molecule has 84 valence electrons. The van der Waals surface area contributed by atoms with E-state index < -0.39 is 28.5 Å². The van der Waals surface area contributed by atoms with Crippen molar-refractivity contribution in [3.8, 4) is 6.07 Å². The van der Waals surface area contributed by atoms with E-state index in [4.69, 9.17) is 16.9 Å². The molecule has 0 aliphatic carbocycles. The fourth-order valence-corrected chi connectivity index (χ4v) is 1.30. The second kappa shape index (κ2) is 4.86. The number of halogens is 3. The summed E-state index contributed by atoms with van der Waals surface area (Å²) >= 11 is 5.61. The van der Waals surface area contributed by atoms with Gasteiger partial charge in [0.1, 0.15) is 6.07 Å². The van der Waals surface area contributed by atoms with Crippen molar-refractivity contribution in [1.29, 1.82) is 5.26 Å². The standard InChI is InChI=1S/C9H5ClF2N2O2/c1-16-9(15)7-6(10)4(2-13)5(3-14-7)8(11)12/h3,8H,1H3. The zero-order valence-electron chi connectivity index (χ0n) is 8.00. The molecule has 4 nitrogen and oxygen atoms in total. The normalized spacial score (nSPS) is 10.0. The minimum atomic E-state index is -2.88. The van der Waals surface area contributed by atoms with Gasteiger partial charge in [0, 0.05) is 6.20 Å². The number of esters is 1. The van der Waals surface area contributed by atoms with Gasteiger partial charge in [-0.25, -0.2) is 18.6 Å². The lowest BCUT2D eigenvalue weighted by atomic mass is 10.1. The number of methoxy groups -OCH3 is 1. The summed E-state index contributed by atoms with van der Waals surface area (Å²) in [6, 6.07) is 1.50. The van der Waals surface area contributed by atoms with Crippen molar-refractivity contribution in [2.75, 3.05) is 7.11 Å². The molecule has 0 aliphatic rings. The third-order valence-electron chi connectivity index (χ3n) is 1.77. The maximum Gasteiger partial charge on any atom is 0.358 e. The Bertz CT molecular complexity index is 471. The summed E-state index contributed by atoms with van der Waals surface area (Å²) in [7, 11) is 1.09. The molecule has 1 heterocycles. The van der Waals surface area contributed by atoms with E-state index in [1.807, 2.05) is 0 Å². The van der Waals surface area contributed by atoms with Crippen molar-refractivity contribution in [3.05, 3.63) is 28.0 Å². The van der Waals surface area contributed by atoms with Crippen molar-refractivity contribution in [3.63, 3.8) is 0 Å². The molecule has 0 aromatic carbocycles. The zero-order valence-corrected chi connectivity index (χ0v) is 8.76. The average Bonchev–Trinajstić information content (AvgIpc) is 2.27. The van der Waals surface area contributed by atoms with E-state index in [2.05, 4.69) is 9.72 Å². The van der Waals surface area contributed by atoms with Crippen LogP contribution in [0.1, 0.15) is 28.0 Å². The van der Waals surface area contributed by atoms with E-state index in [1.54, 1.807) is 0 Å². The first kappa shape index (κ1) is 12.3. The summed E-state index contributed by atoms with van der Waals surface area (Å²) in [6.45, 7) is 0. The summed E-state index contributed by atoms with van der Waals surface area (Å²) in [5, 5.41) is 8.26. The first-order valence-corrected chi connectivity index (χ1v) is 4.35. The minimum Gasteiger partial charge on any atom is -0.464 e. The van der Waals surface area contributed by atoms with E-state index in [1.165, 1.54) is 6.07 Å². The number of alkyl halides is 2. The van der Waals surface area contributed by atoms with Gasteiger partial charge in [0.05, 0.1) is 23.3 Å². The molecular weight excluding hydrogens is 242 g/mol. The predicted molar refractivity (Wildman–Crippen MR) is 50.3 cm³/mol. The molecule has 0 atom stereocenters. The predicted octanol–water partition coefficient (Wildman–Crippen LogP) is 2.33. The molecule has 0 bridgehead atoms. The van der Waals surface area contributed by atoms with Gasteiger partial charge in [-0.2, -0.15) is 5.26 Å². The first-order valence-electron chi connectivity index (χ1n) is 3.97. The van der Waals surface area contributed by atoms with Crippen LogP contribution in [0.4, 0.5) is 8.78 Å². The third kappa shape index (κ3) is 2.09. The van der Waals surface area contributed by atoms with Crippen LogP contribution in [0.2, 0.25) is 5.02 Å². The van der Waals surface area contributed by atoms with Crippen molar-refractivity contribution < 1.29 is 18.3 Å². The SMILES string of the molecule is COC(=O)c1ncc(C(F)F)c(C#N)c1Cl. The van der Waals surface area contributed by atoms with E-state index in [0.717, 1.165) is 13.3 Å². The number of pyridine rings is 1. The number of ether oxygens (including phenoxy) is 1. The van der Waals surface area contributed by atoms with Gasteiger partial charge in [0.25, 0.3) is 6.43 Å². The smallest absolute Gasteiger partial charge is 0.358 e. The Morgan fingerprint density at radius 1 is 1.69 bits per heavy atom. The number of rotatable bonds is 2. The number of nitriles is 1. The first-order chi connectivity index (χ1) is 7.52. The van der Waals surface area contributed by atoms with Gasteiger partial charge in [0.2, 0.25) is 0 Å². The van der Waals surface area contributed by atoms with Crippen LogP contribution in [0.5, 0.6) is 0 Å². The van der Waals surface area contributed by atoms with Crippen LogP contribution in [0.25, 0.3) is 0 Å². The second-order valence-electron chi connectivity index (χ2n) is 2.66. The summed E-state index contributed by atoms with van der Waals surface area (Å²) < 4.78 is 29.2. The van der Waals surface area contributed by atoms with Crippen molar-refractivity contribution in [2.45, 2.75) is 6.43 Å². The molecule has 7 heteroatoms. The Labute approximate surface area is 94.4 Å². The van der Waals surface area contributed by atoms with Crippen LogP contribution in [0.15, 0.2) is 6.20 Å². The van der Waals surface area contributed by atoms with Gasteiger partial charge in [0.15, 0.2) is 5.69 Å². The Kier molecular flexibility index (Phi) is 3.74. The number of carbonyl (C=O) groups excluding carboxylic acids is 1. The molecule has 0 saturated carbocycles. The topological polar surface area (TPSA) is 63.0 Å². The molecular formula is C9H5ClF2N2O2. The molecule has 0 spiro atoms. The molecule has 1 rings (SSSR count). The van der Waals surface area contributed by atoms with Crippen LogP contribution in [0.3, 0.4) is 0 Å². The van der Waals surface area contributed by atoms with Gasteiger partial charge < -0.3 is 4.74 Å². The summed E-state index contributed by atoms with van der Waals surface area (Å²) in [6.07, 6.45) is -2.15. The molecule has 0 aliphatic heterocycles. The third-order valence-corrected chi connectivity index (χ3v) is 2.14. The van der Waals surface area contributed by atoms with Crippen molar-refractivity contribution >= 4 is 17.6 Å². The fourth-order valence-electron chi connectivity index (χ4n) is 1.02. The van der Waals surface area contributed by atoms with Gasteiger partial charge in [-0.05, 0) is 0 Å². The highest BCUT2D eigenvalue weighted by molar-refractivity contribution is 6.34. The van der Waals surface area contributed by atoms with Crippen LogP contribution in [0, 0.1) is 11.3 Å². The Balaban J connectivity index is 3.42. The number of carbonyl (C=O) groups is 1. The van der Waals surface area contributed by atoms with Crippen molar-refractivity contribution in [2.24, 2.45) is 0 Å². The highest BCUT2D eigenvalue weighted by atomic mass is 35.5. The number of hydrogen-bond acceptors (Lipinski definition) is 4. The molecule has 0 unspecified atom stereocenters. The highest BCUT2D eigenvalue weighted by Gasteiger charge is 2.22. The molecule has 0 radical (unpaired) electrons. The largest absolute Gasteiger partial charge is 0.464 e. The van der Waals surface area contributed by atoms with E-state index in [0.29, 0.717) is 0 Å². The molecule has 0 saturated heterocycles. The van der Waals surface area contributed by atoms with E-state index in [-0.39, 0.29) is 5.69 Å². The van der Waals surface area contributed by atoms with Crippen LogP contribution < -0.4 is 0 Å². The molecule has 0 N–H and O–H groups in total. The Hall–Kier alpha value is -1.74. The number of aromatic nitrogens is 1. The molecule has 1 aromatic heterocycles. The molecule has 0 amide bonds. The maximum atomic E-state index is 12.4. The second-order valence-corrected chi connectivity index (χ2v) is 3.03. The van der Waals surface area contributed by atoms with Gasteiger partial charge in [-0.3, -0.25) is 0 Å². The summed E-state index contributed by atoms with van der Waals surface area (Å²) in [4.78, 5) is 14.6. The molecule has 16 heavy (non-hydrogen) atoms.